The first-order chi connectivity index (χ1) is 11.4. The van der Waals surface area contributed by atoms with Crippen LogP contribution in [0.1, 0.15) is 63.3 Å². The van der Waals surface area contributed by atoms with Gasteiger partial charge < -0.3 is 10.6 Å². The van der Waals surface area contributed by atoms with Gasteiger partial charge in [0.2, 0.25) is 5.95 Å². The lowest BCUT2D eigenvalue weighted by Crippen LogP contribution is -2.28. The third kappa shape index (κ3) is 5.55. The maximum absolute atomic E-state index is 12.5. The van der Waals surface area contributed by atoms with Crippen LogP contribution in [0.2, 0.25) is 0 Å². The van der Waals surface area contributed by atoms with E-state index in [9.17, 15) is 4.79 Å². The number of benzene rings is 1. The fraction of sp³-hybridized carbons (Fsp3) is 0.450. The third-order valence-electron chi connectivity index (χ3n) is 3.58. The van der Waals surface area contributed by atoms with Gasteiger partial charge >= 0.3 is 0 Å². The molecule has 1 aromatic heterocycles. The third-order valence-corrected chi connectivity index (χ3v) is 3.58. The number of nitrogens with one attached hydrogen (secondary N) is 2. The Kier molecular flexibility index (Phi) is 5.16. The number of aryl methyl sites for hydroxylation is 1. The predicted octanol–water partition coefficient (Wildman–Crippen LogP) is 4.55. The monoisotopic (exact) mass is 340 g/mol. The van der Waals surface area contributed by atoms with Crippen molar-refractivity contribution in [2.45, 2.75) is 59.4 Å². The summed E-state index contributed by atoms with van der Waals surface area (Å²) in [5.74, 6) is 0.215. The Labute approximate surface area is 150 Å². The van der Waals surface area contributed by atoms with Crippen LogP contribution in [0.25, 0.3) is 0 Å². The Morgan fingerprint density at radius 1 is 0.960 bits per heavy atom. The van der Waals surface area contributed by atoms with Crippen molar-refractivity contribution in [3.05, 3.63) is 47.3 Å². The highest BCUT2D eigenvalue weighted by atomic mass is 16.1. The number of carbonyl (C=O) groups excluding carboxylic acids is 1. The van der Waals surface area contributed by atoms with Crippen molar-refractivity contribution in [1.82, 2.24) is 9.97 Å². The molecule has 0 fully saturated rings. The van der Waals surface area contributed by atoms with Crippen molar-refractivity contribution < 1.29 is 4.79 Å². The molecule has 0 unspecified atom stereocenters. The van der Waals surface area contributed by atoms with Crippen LogP contribution in [0, 0.1) is 6.92 Å². The van der Waals surface area contributed by atoms with Crippen molar-refractivity contribution >= 4 is 17.5 Å². The normalized spacial score (nSPS) is 12.0. The Morgan fingerprint density at radius 3 is 2.08 bits per heavy atom. The highest BCUT2D eigenvalue weighted by molar-refractivity contribution is 6.03. The van der Waals surface area contributed by atoms with Gasteiger partial charge in [0.1, 0.15) is 5.69 Å². The van der Waals surface area contributed by atoms with Gasteiger partial charge in [-0.25, -0.2) is 9.97 Å². The molecule has 0 aliphatic rings. The van der Waals surface area contributed by atoms with E-state index in [1.165, 1.54) is 5.56 Å². The van der Waals surface area contributed by atoms with E-state index in [4.69, 9.17) is 0 Å². The first-order valence-corrected chi connectivity index (χ1v) is 8.50. The summed E-state index contributed by atoms with van der Waals surface area (Å²) in [6, 6.07) is 9.59. The second kappa shape index (κ2) is 6.82. The van der Waals surface area contributed by atoms with E-state index in [0.29, 0.717) is 11.6 Å². The van der Waals surface area contributed by atoms with Gasteiger partial charge in [-0.15, -0.1) is 0 Å². The fourth-order valence-corrected chi connectivity index (χ4v) is 2.32. The molecule has 0 spiro atoms. The highest BCUT2D eigenvalue weighted by Gasteiger charge is 2.16. The molecule has 134 valence electrons. The molecule has 0 atom stereocenters. The van der Waals surface area contributed by atoms with Crippen LogP contribution in [-0.2, 0) is 5.41 Å². The Hall–Kier alpha value is -2.43. The largest absolute Gasteiger partial charge is 0.350 e. The molecular formula is C20H28N4O. The van der Waals surface area contributed by atoms with Crippen LogP contribution in [-0.4, -0.2) is 21.4 Å². The molecule has 0 aliphatic heterocycles. The lowest BCUT2D eigenvalue weighted by atomic mass is 9.87. The van der Waals surface area contributed by atoms with Crippen LogP contribution < -0.4 is 10.6 Å². The molecule has 1 aromatic carbocycles. The van der Waals surface area contributed by atoms with Gasteiger partial charge in [-0.2, -0.15) is 0 Å². The maximum Gasteiger partial charge on any atom is 0.274 e. The van der Waals surface area contributed by atoms with Gasteiger partial charge in [0.25, 0.3) is 5.91 Å². The van der Waals surface area contributed by atoms with E-state index in [-0.39, 0.29) is 16.9 Å². The van der Waals surface area contributed by atoms with E-state index in [1.54, 1.807) is 6.07 Å². The predicted molar refractivity (Wildman–Crippen MR) is 103 cm³/mol. The molecule has 25 heavy (non-hydrogen) atoms. The van der Waals surface area contributed by atoms with E-state index in [2.05, 4.69) is 41.4 Å². The molecule has 1 amide bonds. The van der Waals surface area contributed by atoms with E-state index >= 15 is 0 Å². The zero-order valence-electron chi connectivity index (χ0n) is 16.2. The Bertz CT molecular complexity index is 753. The zero-order chi connectivity index (χ0) is 18.8. The summed E-state index contributed by atoms with van der Waals surface area (Å²) in [4.78, 5) is 21.2. The van der Waals surface area contributed by atoms with E-state index in [1.807, 2.05) is 52.0 Å². The first-order valence-electron chi connectivity index (χ1n) is 8.50. The zero-order valence-corrected chi connectivity index (χ0v) is 16.2. The van der Waals surface area contributed by atoms with Gasteiger partial charge in [0.05, 0.1) is 0 Å². The van der Waals surface area contributed by atoms with Crippen molar-refractivity contribution in [3.63, 3.8) is 0 Å². The van der Waals surface area contributed by atoms with Gasteiger partial charge in [0.15, 0.2) is 0 Å². The van der Waals surface area contributed by atoms with Gasteiger partial charge in [-0.1, -0.05) is 32.9 Å². The van der Waals surface area contributed by atoms with E-state index < -0.39 is 0 Å². The number of hydrogen-bond acceptors (Lipinski definition) is 4. The lowest BCUT2D eigenvalue weighted by molar-refractivity contribution is 0.102. The second-order valence-electron chi connectivity index (χ2n) is 8.37. The van der Waals surface area contributed by atoms with E-state index in [0.717, 1.165) is 11.4 Å². The minimum absolute atomic E-state index is 0.0832. The summed E-state index contributed by atoms with van der Waals surface area (Å²) in [5, 5.41) is 6.10. The first kappa shape index (κ1) is 18.9. The molecule has 1 heterocycles. The molecule has 0 bridgehead atoms. The van der Waals surface area contributed by atoms with Crippen molar-refractivity contribution in [3.8, 4) is 0 Å². The lowest BCUT2D eigenvalue weighted by Gasteiger charge is -2.21. The molecule has 0 aliphatic carbocycles. The molecule has 0 radical (unpaired) electrons. The van der Waals surface area contributed by atoms with Crippen molar-refractivity contribution in [2.75, 3.05) is 10.6 Å². The molecule has 2 rings (SSSR count). The Morgan fingerprint density at radius 2 is 1.56 bits per heavy atom. The number of nitrogens with zero attached hydrogens (tertiary/aromatic N) is 2. The smallest absolute Gasteiger partial charge is 0.274 e. The van der Waals surface area contributed by atoms with Crippen LogP contribution in [0.5, 0.6) is 0 Å². The second-order valence-corrected chi connectivity index (χ2v) is 8.37. The maximum atomic E-state index is 12.5. The number of amides is 1. The molecule has 5 heteroatoms. The minimum atomic E-state index is -0.244. The number of rotatable bonds is 3. The topological polar surface area (TPSA) is 66.9 Å². The summed E-state index contributed by atoms with van der Waals surface area (Å²) in [6.45, 7) is 14.4. The number of hydrogen-bond donors (Lipinski definition) is 2. The highest BCUT2D eigenvalue weighted by Crippen LogP contribution is 2.23. The van der Waals surface area contributed by atoms with Crippen molar-refractivity contribution in [2.24, 2.45) is 0 Å². The van der Waals surface area contributed by atoms with Crippen LogP contribution >= 0.6 is 0 Å². The SMILES string of the molecule is Cc1cc(C(=O)Nc2ccc(C(C)(C)C)cc2)nc(NC(C)(C)C)n1. The summed E-state index contributed by atoms with van der Waals surface area (Å²) in [5.41, 5.74) is 2.97. The number of carbonyl (C=O) groups is 1. The summed E-state index contributed by atoms with van der Waals surface area (Å²) in [7, 11) is 0. The minimum Gasteiger partial charge on any atom is -0.350 e. The molecule has 0 saturated carbocycles. The van der Waals surface area contributed by atoms with Crippen LogP contribution in [0.4, 0.5) is 11.6 Å². The van der Waals surface area contributed by atoms with Crippen molar-refractivity contribution in [1.29, 1.82) is 0 Å². The number of aromatic nitrogens is 2. The quantitative estimate of drug-likeness (QED) is 0.860. The Balaban J connectivity index is 2.18. The summed E-state index contributed by atoms with van der Waals surface area (Å²) < 4.78 is 0. The standard InChI is InChI=1S/C20H28N4O/c1-13-12-16(23-18(21-13)24-20(5,6)7)17(25)22-15-10-8-14(9-11-15)19(2,3)4/h8-12H,1-7H3,(H,22,25)(H,21,23,24). The average Bonchev–Trinajstić information content (AvgIpc) is 2.44. The van der Waals surface area contributed by atoms with Crippen LogP contribution in [0.3, 0.4) is 0 Å². The molecular weight excluding hydrogens is 312 g/mol. The summed E-state index contributed by atoms with van der Waals surface area (Å²) in [6.07, 6.45) is 0. The molecule has 0 saturated heterocycles. The van der Waals surface area contributed by atoms with Gasteiger partial charge in [0, 0.05) is 16.9 Å². The van der Waals surface area contributed by atoms with Crippen LogP contribution in [0.15, 0.2) is 30.3 Å². The molecule has 2 aromatic rings. The fourth-order valence-electron chi connectivity index (χ4n) is 2.32. The molecule has 2 N–H and O–H groups in total. The van der Waals surface area contributed by atoms with Gasteiger partial charge in [-0.05, 0) is 56.9 Å². The van der Waals surface area contributed by atoms with Gasteiger partial charge in [-0.3, -0.25) is 4.79 Å². The average molecular weight is 340 g/mol. The molecule has 5 nitrogen and oxygen atoms in total. The number of anilines is 2. The summed E-state index contributed by atoms with van der Waals surface area (Å²) >= 11 is 0.